The molecule has 3 aliphatic heterocycles. The number of hydrogen-bond acceptors (Lipinski definition) is 5. The van der Waals surface area contributed by atoms with Gasteiger partial charge in [0.15, 0.2) is 11.5 Å². The molecule has 3 aliphatic rings. The van der Waals surface area contributed by atoms with Crippen molar-refractivity contribution in [2.24, 2.45) is 0 Å². The molecular weight excluding hydrogens is 288 g/mol. The molecular formula is C15H16N2O3S. The highest BCUT2D eigenvalue weighted by Gasteiger charge is 2.29. The minimum atomic E-state index is 0.613. The number of hydrogen-bond donors (Lipinski definition) is 0. The van der Waals surface area contributed by atoms with Crippen LogP contribution < -0.4 is 9.47 Å². The van der Waals surface area contributed by atoms with Gasteiger partial charge in [0, 0.05) is 31.1 Å². The summed E-state index contributed by atoms with van der Waals surface area (Å²) in [5.74, 6) is 1.66. The summed E-state index contributed by atoms with van der Waals surface area (Å²) in [4.78, 5) is 13.8. The first kappa shape index (κ1) is 13.0. The van der Waals surface area contributed by atoms with E-state index in [-0.39, 0.29) is 0 Å². The van der Waals surface area contributed by atoms with Crippen molar-refractivity contribution in [2.75, 3.05) is 39.4 Å². The predicted octanol–water partition coefficient (Wildman–Crippen LogP) is 1.55. The summed E-state index contributed by atoms with van der Waals surface area (Å²) in [5, 5.41) is 0. The van der Waals surface area contributed by atoms with Gasteiger partial charge in [-0.25, -0.2) is 4.31 Å². The number of amides is 1. The van der Waals surface area contributed by atoms with E-state index in [0.717, 1.165) is 49.0 Å². The maximum atomic E-state index is 10.8. The molecule has 3 heterocycles. The molecule has 1 aromatic carbocycles. The van der Waals surface area contributed by atoms with Crippen molar-refractivity contribution in [3.8, 4) is 11.5 Å². The molecule has 0 aromatic heterocycles. The first-order valence-corrected chi connectivity index (χ1v) is 7.81. The van der Waals surface area contributed by atoms with E-state index in [1.165, 1.54) is 11.1 Å². The lowest BCUT2D eigenvalue weighted by atomic mass is 10.2. The van der Waals surface area contributed by atoms with Gasteiger partial charge in [-0.2, -0.15) is 0 Å². The lowest BCUT2D eigenvalue weighted by Gasteiger charge is -2.21. The summed E-state index contributed by atoms with van der Waals surface area (Å²) in [6, 6.07) is 6.09. The molecule has 6 heteroatoms. The zero-order valence-electron chi connectivity index (χ0n) is 11.6. The van der Waals surface area contributed by atoms with Crippen LogP contribution in [0, 0.1) is 0 Å². The molecule has 0 saturated carbocycles. The van der Waals surface area contributed by atoms with Gasteiger partial charge in [0.2, 0.25) is 6.41 Å². The first-order valence-electron chi connectivity index (χ1n) is 7.03. The van der Waals surface area contributed by atoms with E-state index in [0.29, 0.717) is 13.2 Å². The molecule has 0 bridgehead atoms. The van der Waals surface area contributed by atoms with Crippen LogP contribution in [0.25, 0.3) is 0 Å². The third-order valence-corrected chi connectivity index (χ3v) is 4.90. The third-order valence-electron chi connectivity index (χ3n) is 3.92. The van der Waals surface area contributed by atoms with Crippen LogP contribution in [-0.2, 0) is 4.79 Å². The second kappa shape index (κ2) is 5.27. The van der Waals surface area contributed by atoms with Crippen molar-refractivity contribution >= 4 is 18.4 Å². The monoisotopic (exact) mass is 304 g/mol. The van der Waals surface area contributed by atoms with Crippen LogP contribution in [0.15, 0.2) is 34.2 Å². The zero-order chi connectivity index (χ0) is 14.2. The molecule has 0 radical (unpaired) electrons. The minimum absolute atomic E-state index is 0.613. The van der Waals surface area contributed by atoms with Gasteiger partial charge in [0.1, 0.15) is 13.2 Å². The number of benzene rings is 1. The van der Waals surface area contributed by atoms with Crippen molar-refractivity contribution in [2.45, 2.75) is 4.90 Å². The molecule has 0 fully saturated rings. The number of rotatable bonds is 3. The lowest BCUT2D eigenvalue weighted by molar-refractivity contribution is -0.117. The highest BCUT2D eigenvalue weighted by atomic mass is 32.2. The third kappa shape index (κ3) is 2.49. The van der Waals surface area contributed by atoms with Crippen LogP contribution in [0.4, 0.5) is 0 Å². The van der Waals surface area contributed by atoms with Crippen LogP contribution >= 0.6 is 11.9 Å². The van der Waals surface area contributed by atoms with Gasteiger partial charge in [-0.1, -0.05) is 0 Å². The molecule has 0 atom stereocenters. The number of carbonyl (C=O) groups is 1. The molecule has 0 spiro atoms. The Hall–Kier alpha value is -1.66. The van der Waals surface area contributed by atoms with Crippen LogP contribution in [-0.4, -0.2) is 55.0 Å². The van der Waals surface area contributed by atoms with Crippen LogP contribution in [0.2, 0.25) is 0 Å². The summed E-state index contributed by atoms with van der Waals surface area (Å²) in [7, 11) is 0. The fourth-order valence-electron chi connectivity index (χ4n) is 2.94. The second-order valence-electron chi connectivity index (χ2n) is 5.41. The Labute approximate surface area is 127 Å². The normalized spacial score (nSPS) is 20.9. The van der Waals surface area contributed by atoms with Crippen LogP contribution in [0.3, 0.4) is 0 Å². The van der Waals surface area contributed by atoms with Crippen LogP contribution in [0.1, 0.15) is 0 Å². The maximum Gasteiger partial charge on any atom is 0.210 e. The standard InChI is InChI=1S/C15H16N2O3S/c18-10-16-6-11-8-17(9-12(11)7-16)21-13-1-2-14-15(5-13)20-4-3-19-14/h1-2,5,10H,3-4,6-9H2. The van der Waals surface area contributed by atoms with Crippen LogP contribution in [0.5, 0.6) is 11.5 Å². The van der Waals surface area contributed by atoms with E-state index in [1.807, 2.05) is 17.0 Å². The van der Waals surface area contributed by atoms with Gasteiger partial charge >= 0.3 is 0 Å². The van der Waals surface area contributed by atoms with E-state index < -0.39 is 0 Å². The smallest absolute Gasteiger partial charge is 0.210 e. The number of ether oxygens (including phenoxy) is 2. The molecule has 1 amide bonds. The molecule has 0 aliphatic carbocycles. The molecule has 5 nitrogen and oxygen atoms in total. The number of carbonyl (C=O) groups excluding carboxylic acids is 1. The number of fused-ring (bicyclic) bond motifs is 1. The van der Waals surface area contributed by atoms with E-state index >= 15 is 0 Å². The van der Waals surface area contributed by atoms with E-state index in [1.54, 1.807) is 11.9 Å². The SMILES string of the molecule is O=CN1CC2=C(C1)CN(Sc1ccc3c(c1)OCCO3)C2. The predicted molar refractivity (Wildman–Crippen MR) is 79.5 cm³/mol. The Kier molecular flexibility index (Phi) is 3.27. The average Bonchev–Trinajstić information content (AvgIpc) is 3.05. The molecule has 0 unspecified atom stereocenters. The second-order valence-corrected chi connectivity index (χ2v) is 6.58. The topological polar surface area (TPSA) is 42.0 Å². The summed E-state index contributed by atoms with van der Waals surface area (Å²) in [5.41, 5.74) is 2.79. The van der Waals surface area contributed by atoms with E-state index in [4.69, 9.17) is 9.47 Å². The molecule has 4 rings (SSSR count). The van der Waals surface area contributed by atoms with E-state index in [2.05, 4.69) is 10.4 Å². The largest absolute Gasteiger partial charge is 0.486 e. The highest BCUT2D eigenvalue weighted by Crippen LogP contribution is 2.37. The van der Waals surface area contributed by atoms with Gasteiger partial charge in [0.05, 0.1) is 0 Å². The highest BCUT2D eigenvalue weighted by molar-refractivity contribution is 7.97. The lowest BCUT2D eigenvalue weighted by Crippen LogP contribution is -2.25. The van der Waals surface area contributed by atoms with Crippen molar-refractivity contribution in [1.29, 1.82) is 0 Å². The quantitative estimate of drug-likeness (QED) is 0.481. The van der Waals surface area contributed by atoms with Gasteiger partial charge in [0.25, 0.3) is 0 Å². The Morgan fingerprint density at radius 1 is 1.00 bits per heavy atom. The Bertz CT molecular complexity index is 599. The zero-order valence-corrected chi connectivity index (χ0v) is 12.4. The fraction of sp³-hybridized carbons (Fsp3) is 0.400. The Morgan fingerprint density at radius 2 is 1.71 bits per heavy atom. The molecule has 0 saturated heterocycles. The van der Waals surface area contributed by atoms with Crippen molar-refractivity contribution in [3.63, 3.8) is 0 Å². The molecule has 110 valence electrons. The van der Waals surface area contributed by atoms with Gasteiger partial charge in [-0.05, 0) is 41.3 Å². The number of nitrogens with zero attached hydrogens (tertiary/aromatic N) is 2. The van der Waals surface area contributed by atoms with Gasteiger partial charge in [-0.3, -0.25) is 4.79 Å². The van der Waals surface area contributed by atoms with Crippen molar-refractivity contribution < 1.29 is 14.3 Å². The van der Waals surface area contributed by atoms with Crippen molar-refractivity contribution in [3.05, 3.63) is 29.3 Å². The fourth-order valence-corrected chi connectivity index (χ4v) is 3.97. The van der Waals surface area contributed by atoms with E-state index in [9.17, 15) is 4.79 Å². The summed E-state index contributed by atoms with van der Waals surface area (Å²) < 4.78 is 13.5. The Balaban J connectivity index is 1.41. The maximum absolute atomic E-state index is 10.8. The average molecular weight is 304 g/mol. The minimum Gasteiger partial charge on any atom is -0.486 e. The summed E-state index contributed by atoms with van der Waals surface area (Å²) in [6.45, 7) is 4.67. The summed E-state index contributed by atoms with van der Waals surface area (Å²) in [6.07, 6.45) is 0.941. The van der Waals surface area contributed by atoms with Crippen molar-refractivity contribution in [1.82, 2.24) is 9.21 Å². The molecule has 0 N–H and O–H groups in total. The van der Waals surface area contributed by atoms with Gasteiger partial charge in [-0.15, -0.1) is 0 Å². The molecule has 1 aromatic rings. The Morgan fingerprint density at radius 3 is 2.43 bits per heavy atom. The van der Waals surface area contributed by atoms with Gasteiger partial charge < -0.3 is 14.4 Å². The molecule has 21 heavy (non-hydrogen) atoms. The summed E-state index contributed by atoms with van der Waals surface area (Å²) >= 11 is 1.74. The first-order chi connectivity index (χ1) is 10.3.